The molecule has 1 aromatic heterocycles. The second-order valence-electron chi connectivity index (χ2n) is 6.44. The fourth-order valence-corrected chi connectivity index (χ4v) is 3.20. The SMILES string of the molecule is CCN1CCN(CCCNCc2ccc(-c3ccccc3)o2)CC1. The third-order valence-corrected chi connectivity index (χ3v) is 4.76. The van der Waals surface area contributed by atoms with Crippen molar-refractivity contribution in [2.75, 3.05) is 45.8 Å². The predicted octanol–water partition coefficient (Wildman–Crippen LogP) is 3.06. The Morgan fingerprint density at radius 3 is 2.46 bits per heavy atom. The van der Waals surface area contributed by atoms with Crippen molar-refractivity contribution in [2.45, 2.75) is 19.9 Å². The molecule has 1 saturated heterocycles. The lowest BCUT2D eigenvalue weighted by Crippen LogP contribution is -2.46. The molecule has 1 aliphatic heterocycles. The molecule has 0 unspecified atom stereocenters. The lowest BCUT2D eigenvalue weighted by molar-refractivity contribution is 0.136. The molecular weight excluding hydrogens is 298 g/mol. The van der Waals surface area contributed by atoms with Gasteiger partial charge in [0.2, 0.25) is 0 Å². The van der Waals surface area contributed by atoms with Crippen molar-refractivity contribution in [3.05, 3.63) is 48.2 Å². The van der Waals surface area contributed by atoms with E-state index in [1.165, 1.54) is 45.7 Å². The van der Waals surface area contributed by atoms with E-state index in [1.54, 1.807) is 0 Å². The highest BCUT2D eigenvalue weighted by atomic mass is 16.3. The highest BCUT2D eigenvalue weighted by Gasteiger charge is 2.14. The Morgan fingerprint density at radius 1 is 0.958 bits per heavy atom. The van der Waals surface area contributed by atoms with Crippen molar-refractivity contribution in [2.24, 2.45) is 0 Å². The van der Waals surface area contributed by atoms with E-state index in [1.807, 2.05) is 18.2 Å². The summed E-state index contributed by atoms with van der Waals surface area (Å²) < 4.78 is 5.91. The standard InChI is InChI=1S/C20H29N3O/c1-2-22-13-15-23(16-14-22)12-6-11-21-17-19-9-10-20(24-19)18-7-4-3-5-8-18/h3-5,7-10,21H,2,6,11-17H2,1H3. The average molecular weight is 327 g/mol. The summed E-state index contributed by atoms with van der Waals surface area (Å²) in [4.78, 5) is 5.10. The molecule has 4 heteroatoms. The number of hydrogen-bond acceptors (Lipinski definition) is 4. The van der Waals surface area contributed by atoms with Gasteiger partial charge in [0, 0.05) is 31.7 Å². The van der Waals surface area contributed by atoms with Crippen molar-refractivity contribution < 1.29 is 4.42 Å². The molecule has 2 heterocycles. The highest BCUT2D eigenvalue weighted by molar-refractivity contribution is 5.57. The van der Waals surface area contributed by atoms with Crippen LogP contribution in [0.3, 0.4) is 0 Å². The Morgan fingerprint density at radius 2 is 1.71 bits per heavy atom. The zero-order valence-corrected chi connectivity index (χ0v) is 14.7. The van der Waals surface area contributed by atoms with Gasteiger partial charge < -0.3 is 19.5 Å². The van der Waals surface area contributed by atoms with Crippen LogP contribution in [0, 0.1) is 0 Å². The Kier molecular flexibility index (Phi) is 6.47. The average Bonchev–Trinajstić information content (AvgIpc) is 3.12. The van der Waals surface area contributed by atoms with Crippen molar-refractivity contribution >= 4 is 0 Å². The molecule has 3 rings (SSSR count). The number of furan rings is 1. The minimum absolute atomic E-state index is 0.802. The van der Waals surface area contributed by atoms with Gasteiger partial charge in [0.05, 0.1) is 6.54 Å². The minimum Gasteiger partial charge on any atom is -0.460 e. The van der Waals surface area contributed by atoms with Gasteiger partial charge in [0.15, 0.2) is 0 Å². The Hall–Kier alpha value is -1.62. The smallest absolute Gasteiger partial charge is 0.134 e. The van der Waals surface area contributed by atoms with Crippen LogP contribution in [0.5, 0.6) is 0 Å². The van der Waals surface area contributed by atoms with Gasteiger partial charge in [-0.05, 0) is 38.2 Å². The highest BCUT2D eigenvalue weighted by Crippen LogP contribution is 2.21. The number of piperazine rings is 1. The molecule has 0 amide bonds. The molecule has 0 saturated carbocycles. The topological polar surface area (TPSA) is 31.6 Å². The first-order valence-corrected chi connectivity index (χ1v) is 9.14. The molecule has 0 bridgehead atoms. The van der Waals surface area contributed by atoms with E-state index in [2.05, 4.69) is 46.3 Å². The molecule has 4 nitrogen and oxygen atoms in total. The van der Waals surface area contributed by atoms with Crippen LogP contribution in [0.25, 0.3) is 11.3 Å². The first-order valence-electron chi connectivity index (χ1n) is 9.14. The maximum atomic E-state index is 5.91. The number of hydrogen-bond donors (Lipinski definition) is 1. The first-order chi connectivity index (χ1) is 11.8. The van der Waals surface area contributed by atoms with Gasteiger partial charge in [-0.15, -0.1) is 0 Å². The summed E-state index contributed by atoms with van der Waals surface area (Å²) in [5.41, 5.74) is 1.13. The maximum absolute atomic E-state index is 5.91. The summed E-state index contributed by atoms with van der Waals surface area (Å²) in [6.07, 6.45) is 1.19. The maximum Gasteiger partial charge on any atom is 0.134 e. The summed E-state index contributed by atoms with van der Waals surface area (Å²) >= 11 is 0. The molecule has 130 valence electrons. The fraction of sp³-hybridized carbons (Fsp3) is 0.500. The van der Waals surface area contributed by atoms with E-state index in [0.29, 0.717) is 0 Å². The quantitative estimate of drug-likeness (QED) is 0.755. The van der Waals surface area contributed by atoms with Gasteiger partial charge in [-0.2, -0.15) is 0 Å². The number of rotatable bonds is 8. The van der Waals surface area contributed by atoms with E-state index in [9.17, 15) is 0 Å². The van der Waals surface area contributed by atoms with Gasteiger partial charge in [-0.3, -0.25) is 0 Å². The molecule has 0 aliphatic carbocycles. The minimum atomic E-state index is 0.802. The normalized spacial score (nSPS) is 16.5. The van der Waals surface area contributed by atoms with Crippen LogP contribution in [0.1, 0.15) is 19.1 Å². The monoisotopic (exact) mass is 327 g/mol. The molecule has 0 radical (unpaired) electrons. The van der Waals surface area contributed by atoms with Crippen LogP contribution >= 0.6 is 0 Å². The van der Waals surface area contributed by atoms with Crippen LogP contribution in [-0.4, -0.2) is 55.6 Å². The molecule has 0 spiro atoms. The molecule has 1 fully saturated rings. The van der Waals surface area contributed by atoms with Gasteiger partial charge in [-0.1, -0.05) is 37.3 Å². The van der Waals surface area contributed by atoms with E-state index in [-0.39, 0.29) is 0 Å². The zero-order valence-electron chi connectivity index (χ0n) is 14.7. The van der Waals surface area contributed by atoms with Crippen LogP contribution in [0.15, 0.2) is 46.9 Å². The molecule has 1 aliphatic rings. The van der Waals surface area contributed by atoms with Crippen LogP contribution in [0.2, 0.25) is 0 Å². The Bertz CT molecular complexity index is 588. The molecule has 1 aromatic carbocycles. The van der Waals surface area contributed by atoms with Gasteiger partial charge >= 0.3 is 0 Å². The van der Waals surface area contributed by atoms with Crippen LogP contribution in [-0.2, 0) is 6.54 Å². The van der Waals surface area contributed by atoms with Gasteiger partial charge in [0.1, 0.15) is 11.5 Å². The third-order valence-electron chi connectivity index (χ3n) is 4.76. The third kappa shape index (κ3) is 4.94. The van der Waals surface area contributed by atoms with Crippen molar-refractivity contribution in [1.29, 1.82) is 0 Å². The number of nitrogens with one attached hydrogen (secondary N) is 1. The molecule has 24 heavy (non-hydrogen) atoms. The number of likely N-dealkylation sites (N-methyl/N-ethyl adjacent to an activating group) is 1. The predicted molar refractivity (Wildman–Crippen MR) is 99.0 cm³/mol. The second-order valence-corrected chi connectivity index (χ2v) is 6.44. The van der Waals surface area contributed by atoms with Gasteiger partial charge in [0.25, 0.3) is 0 Å². The van der Waals surface area contributed by atoms with Crippen LogP contribution in [0.4, 0.5) is 0 Å². The lowest BCUT2D eigenvalue weighted by Gasteiger charge is -2.33. The Balaban J connectivity index is 1.32. The molecule has 2 aromatic rings. The largest absolute Gasteiger partial charge is 0.460 e. The lowest BCUT2D eigenvalue weighted by atomic mass is 10.2. The molecule has 0 atom stereocenters. The molecule has 1 N–H and O–H groups in total. The number of benzene rings is 1. The summed E-state index contributed by atoms with van der Waals surface area (Å²) in [5.74, 6) is 1.95. The fourth-order valence-electron chi connectivity index (χ4n) is 3.20. The van der Waals surface area contributed by atoms with Crippen molar-refractivity contribution in [3.8, 4) is 11.3 Å². The van der Waals surface area contributed by atoms with E-state index < -0.39 is 0 Å². The zero-order chi connectivity index (χ0) is 16.6. The summed E-state index contributed by atoms with van der Waals surface area (Å²) in [7, 11) is 0. The van der Waals surface area contributed by atoms with Crippen LogP contribution < -0.4 is 5.32 Å². The summed E-state index contributed by atoms with van der Waals surface area (Å²) in [5, 5.41) is 3.50. The Labute approximate surface area is 145 Å². The van der Waals surface area contributed by atoms with E-state index in [4.69, 9.17) is 4.42 Å². The van der Waals surface area contributed by atoms with E-state index in [0.717, 1.165) is 30.2 Å². The second kappa shape index (κ2) is 9.02. The van der Waals surface area contributed by atoms with Crippen molar-refractivity contribution in [3.63, 3.8) is 0 Å². The summed E-state index contributed by atoms with van der Waals surface area (Å²) in [6.45, 7) is 11.3. The first kappa shape index (κ1) is 17.2. The number of nitrogens with zero attached hydrogens (tertiary/aromatic N) is 2. The van der Waals surface area contributed by atoms with Gasteiger partial charge in [-0.25, -0.2) is 0 Å². The molecular formula is C20H29N3O. The van der Waals surface area contributed by atoms with Crippen molar-refractivity contribution in [1.82, 2.24) is 15.1 Å². The summed E-state index contributed by atoms with van der Waals surface area (Å²) in [6, 6.07) is 14.4. The van der Waals surface area contributed by atoms with E-state index >= 15 is 0 Å².